The van der Waals surface area contributed by atoms with Crippen LogP contribution in [0, 0.1) is 5.92 Å². The van der Waals surface area contributed by atoms with Crippen molar-refractivity contribution in [2.75, 3.05) is 13.3 Å². The molecule has 1 saturated carbocycles. The molecule has 0 aromatic heterocycles. The maximum Gasteiger partial charge on any atom is 0.229 e. The number of rotatable bonds is 6. The molecule has 7 heteroatoms. The maximum atomic E-state index is 12.3. The van der Waals surface area contributed by atoms with E-state index in [1.165, 1.54) is 43.2 Å². The maximum absolute atomic E-state index is 12.3. The number of nitrogens with one attached hydrogen (secondary N) is 1. The van der Waals surface area contributed by atoms with Crippen molar-refractivity contribution < 1.29 is 13.2 Å². The Bertz CT molecular complexity index is 795. The highest BCUT2D eigenvalue weighted by Crippen LogP contribution is 2.30. The molecule has 1 fully saturated rings. The van der Waals surface area contributed by atoms with E-state index in [0.717, 1.165) is 24.1 Å². The molecule has 1 aliphatic carbocycles. The van der Waals surface area contributed by atoms with Gasteiger partial charge in [0.25, 0.3) is 0 Å². The highest BCUT2D eigenvalue weighted by Gasteiger charge is 2.20. The van der Waals surface area contributed by atoms with Crippen LogP contribution < -0.4 is 5.32 Å². The molecular weight excluding hydrogens is 368 g/mol. The van der Waals surface area contributed by atoms with Crippen molar-refractivity contribution in [1.29, 1.82) is 0 Å². The Balaban J connectivity index is 1.92. The van der Waals surface area contributed by atoms with Crippen LogP contribution in [0.4, 0.5) is 0 Å². The predicted molar refractivity (Wildman–Crippen MR) is 108 cm³/mol. The van der Waals surface area contributed by atoms with Crippen LogP contribution in [0.2, 0.25) is 0 Å². The van der Waals surface area contributed by atoms with E-state index in [4.69, 9.17) is 0 Å². The number of hydrogen-bond donors (Lipinski definition) is 1. The third-order valence-electron chi connectivity index (χ3n) is 4.37. The first-order valence-electron chi connectivity index (χ1n) is 8.72. The van der Waals surface area contributed by atoms with Crippen molar-refractivity contribution in [3.8, 4) is 0 Å². The SMILES string of the molecule is C=C(NC(=O)Cc1cccc(S(C)(=O)=O)c1)S/C(=N\C)C1CCCCC1. The van der Waals surface area contributed by atoms with Crippen LogP contribution >= 0.6 is 11.8 Å². The van der Waals surface area contributed by atoms with Gasteiger partial charge in [0.2, 0.25) is 5.91 Å². The summed E-state index contributed by atoms with van der Waals surface area (Å²) in [5.74, 6) is 0.242. The molecule has 2 rings (SSSR count). The summed E-state index contributed by atoms with van der Waals surface area (Å²) in [6, 6.07) is 6.45. The molecule has 0 aliphatic heterocycles. The highest BCUT2D eigenvalue weighted by molar-refractivity contribution is 8.17. The first kappa shape index (κ1) is 20.7. The Kier molecular flexibility index (Phi) is 7.46. The number of aliphatic imine (C=N–C) groups is 1. The lowest BCUT2D eigenvalue weighted by Gasteiger charge is -2.23. The monoisotopic (exact) mass is 394 g/mol. The standard InChI is InChI=1S/C19H26N2O3S2/c1-14(25-19(20-2)16-9-5-4-6-10-16)21-18(22)13-15-8-7-11-17(12-15)26(3,23)24/h7-8,11-12,16H,1,4-6,9-10,13H2,2-3H3,(H,21,22)/b20-19-. The Labute approximate surface area is 160 Å². The van der Waals surface area contributed by atoms with Crippen LogP contribution in [0.15, 0.2) is 45.8 Å². The molecule has 0 saturated heterocycles. The minimum atomic E-state index is -3.29. The molecule has 0 atom stereocenters. The number of thioether (sulfide) groups is 1. The summed E-state index contributed by atoms with van der Waals surface area (Å²) in [6.07, 6.45) is 7.26. The van der Waals surface area contributed by atoms with Gasteiger partial charge < -0.3 is 5.32 Å². The second-order valence-electron chi connectivity index (χ2n) is 6.57. The van der Waals surface area contributed by atoms with Crippen LogP contribution in [0.3, 0.4) is 0 Å². The van der Waals surface area contributed by atoms with Gasteiger partial charge >= 0.3 is 0 Å². The van der Waals surface area contributed by atoms with Crippen LogP contribution in [0.25, 0.3) is 0 Å². The van der Waals surface area contributed by atoms with E-state index < -0.39 is 9.84 Å². The lowest BCUT2D eigenvalue weighted by molar-refractivity contribution is -0.119. The molecule has 142 valence electrons. The molecule has 1 aromatic rings. The largest absolute Gasteiger partial charge is 0.321 e. The van der Waals surface area contributed by atoms with E-state index in [-0.39, 0.29) is 17.2 Å². The zero-order chi connectivity index (χ0) is 19.2. The lowest BCUT2D eigenvalue weighted by atomic mass is 9.90. The number of sulfone groups is 1. The average Bonchev–Trinajstić information content (AvgIpc) is 2.59. The van der Waals surface area contributed by atoms with Gasteiger partial charge in [-0.05, 0) is 30.5 Å². The van der Waals surface area contributed by atoms with Crippen molar-refractivity contribution in [1.82, 2.24) is 5.32 Å². The van der Waals surface area contributed by atoms with Gasteiger partial charge in [-0.2, -0.15) is 0 Å². The zero-order valence-electron chi connectivity index (χ0n) is 15.3. The van der Waals surface area contributed by atoms with Crippen LogP contribution in [0.5, 0.6) is 0 Å². The van der Waals surface area contributed by atoms with E-state index in [2.05, 4.69) is 16.9 Å². The Hall–Kier alpha value is -1.60. The molecule has 5 nitrogen and oxygen atoms in total. The minimum Gasteiger partial charge on any atom is -0.321 e. The van der Waals surface area contributed by atoms with Gasteiger partial charge in [-0.25, -0.2) is 8.42 Å². The van der Waals surface area contributed by atoms with Gasteiger partial charge in [-0.3, -0.25) is 9.79 Å². The normalized spacial score (nSPS) is 16.3. The van der Waals surface area contributed by atoms with Crippen molar-refractivity contribution >= 4 is 32.6 Å². The van der Waals surface area contributed by atoms with Gasteiger partial charge in [0.05, 0.1) is 21.4 Å². The van der Waals surface area contributed by atoms with Gasteiger partial charge in [-0.15, -0.1) is 0 Å². The summed E-state index contributed by atoms with van der Waals surface area (Å²) < 4.78 is 23.2. The number of carbonyl (C=O) groups excluding carboxylic acids is 1. The first-order valence-corrected chi connectivity index (χ1v) is 11.4. The molecule has 0 heterocycles. The van der Waals surface area contributed by atoms with E-state index in [0.29, 0.717) is 16.5 Å². The Morgan fingerprint density at radius 2 is 2.00 bits per heavy atom. The molecule has 0 radical (unpaired) electrons. The fraction of sp³-hybridized carbons (Fsp3) is 0.474. The molecule has 26 heavy (non-hydrogen) atoms. The molecule has 1 aliphatic rings. The summed E-state index contributed by atoms with van der Waals surface area (Å²) >= 11 is 1.43. The van der Waals surface area contributed by atoms with Crippen molar-refractivity contribution in [3.05, 3.63) is 41.4 Å². The topological polar surface area (TPSA) is 75.6 Å². The Morgan fingerprint density at radius 3 is 2.62 bits per heavy atom. The van der Waals surface area contributed by atoms with Gasteiger partial charge in [0.1, 0.15) is 0 Å². The lowest BCUT2D eigenvalue weighted by Crippen LogP contribution is -2.24. The molecular formula is C19H26N2O3S2. The summed E-state index contributed by atoms with van der Waals surface area (Å²) in [6.45, 7) is 3.93. The molecule has 0 unspecified atom stereocenters. The summed E-state index contributed by atoms with van der Waals surface area (Å²) in [5, 5.41) is 4.37. The molecule has 0 spiro atoms. The third kappa shape index (κ3) is 6.29. The number of amides is 1. The summed E-state index contributed by atoms with van der Waals surface area (Å²) in [4.78, 5) is 16.9. The average molecular weight is 395 g/mol. The second-order valence-corrected chi connectivity index (χ2v) is 9.70. The van der Waals surface area contributed by atoms with E-state index in [9.17, 15) is 13.2 Å². The number of hydrogen-bond acceptors (Lipinski definition) is 5. The van der Waals surface area contributed by atoms with Gasteiger partial charge in [-0.1, -0.05) is 49.7 Å². The Morgan fingerprint density at radius 1 is 1.31 bits per heavy atom. The molecule has 0 bridgehead atoms. The van der Waals surface area contributed by atoms with E-state index >= 15 is 0 Å². The van der Waals surface area contributed by atoms with Gasteiger partial charge in [0, 0.05) is 19.2 Å². The fourth-order valence-electron chi connectivity index (χ4n) is 3.08. The summed E-state index contributed by atoms with van der Waals surface area (Å²) in [5.41, 5.74) is 0.653. The number of nitrogens with zero attached hydrogens (tertiary/aromatic N) is 1. The predicted octanol–water partition coefficient (Wildman–Crippen LogP) is 3.56. The zero-order valence-corrected chi connectivity index (χ0v) is 17.0. The minimum absolute atomic E-state index is 0.102. The molecule has 1 aromatic carbocycles. The third-order valence-corrected chi connectivity index (χ3v) is 6.56. The first-order chi connectivity index (χ1) is 12.3. The summed E-state index contributed by atoms with van der Waals surface area (Å²) in [7, 11) is -1.50. The van der Waals surface area contributed by atoms with Gasteiger partial charge in [0.15, 0.2) is 9.84 Å². The van der Waals surface area contributed by atoms with E-state index in [1.807, 2.05) is 0 Å². The van der Waals surface area contributed by atoms with E-state index in [1.54, 1.807) is 19.2 Å². The van der Waals surface area contributed by atoms with Crippen molar-refractivity contribution in [3.63, 3.8) is 0 Å². The van der Waals surface area contributed by atoms with Crippen molar-refractivity contribution in [2.24, 2.45) is 10.9 Å². The highest BCUT2D eigenvalue weighted by atomic mass is 32.2. The van der Waals surface area contributed by atoms with Crippen LogP contribution in [-0.4, -0.2) is 32.7 Å². The second kappa shape index (κ2) is 9.37. The van der Waals surface area contributed by atoms with Crippen molar-refractivity contribution in [2.45, 2.75) is 43.4 Å². The fourth-order valence-corrected chi connectivity index (χ4v) is 4.69. The number of benzene rings is 1. The quantitative estimate of drug-likeness (QED) is 0.591. The number of carbonyl (C=O) groups is 1. The smallest absolute Gasteiger partial charge is 0.229 e. The van der Waals surface area contributed by atoms with Crippen LogP contribution in [0.1, 0.15) is 37.7 Å². The molecule has 1 N–H and O–H groups in total. The molecule has 1 amide bonds. The van der Waals surface area contributed by atoms with Crippen LogP contribution in [-0.2, 0) is 21.1 Å².